The summed E-state index contributed by atoms with van der Waals surface area (Å²) in [5, 5.41) is 8.34. The van der Waals surface area contributed by atoms with Gasteiger partial charge < -0.3 is 9.32 Å². The first-order valence-electron chi connectivity index (χ1n) is 7.35. The Morgan fingerprint density at radius 1 is 0.952 bits per heavy atom. The van der Waals surface area contributed by atoms with Crippen LogP contribution in [0.4, 0.5) is 10.3 Å². The van der Waals surface area contributed by atoms with E-state index in [-0.39, 0.29) is 0 Å². The lowest BCUT2D eigenvalue weighted by molar-refractivity contribution is 0.374. The van der Waals surface area contributed by atoms with Crippen LogP contribution in [0.25, 0.3) is 0 Å². The maximum atomic E-state index is 12.8. The Kier molecular flexibility index (Phi) is 3.05. The number of hydrogen-bond donors (Lipinski definition) is 0. The summed E-state index contributed by atoms with van der Waals surface area (Å²) in [6.45, 7) is 1.63. The van der Waals surface area contributed by atoms with Crippen molar-refractivity contribution in [2.45, 2.75) is 37.5 Å². The first-order chi connectivity index (χ1) is 10.3. The van der Waals surface area contributed by atoms with Crippen molar-refractivity contribution in [3.63, 3.8) is 0 Å². The second-order valence-electron chi connectivity index (χ2n) is 5.72. The van der Waals surface area contributed by atoms with Crippen LogP contribution in [0.2, 0.25) is 0 Å². The molecule has 1 aliphatic heterocycles. The standard InChI is InChI=1S/C14H16FN5O/c15-11-7-16-14(17-8-11)20-5-3-10(4-6-20)13-19-18-12(21-13)9-1-2-9/h7-10H,1-6H2. The average molecular weight is 289 g/mol. The van der Waals surface area contributed by atoms with Crippen LogP contribution in [0.15, 0.2) is 16.8 Å². The largest absolute Gasteiger partial charge is 0.425 e. The van der Waals surface area contributed by atoms with E-state index in [1.165, 1.54) is 25.2 Å². The minimum Gasteiger partial charge on any atom is -0.425 e. The third-order valence-corrected chi connectivity index (χ3v) is 4.12. The predicted octanol–water partition coefficient (Wildman–Crippen LogP) is 2.26. The summed E-state index contributed by atoms with van der Waals surface area (Å²) < 4.78 is 18.6. The summed E-state index contributed by atoms with van der Waals surface area (Å²) in [6, 6.07) is 0. The summed E-state index contributed by atoms with van der Waals surface area (Å²) >= 11 is 0. The zero-order valence-corrected chi connectivity index (χ0v) is 11.6. The van der Waals surface area contributed by atoms with Crippen molar-refractivity contribution in [1.29, 1.82) is 0 Å². The van der Waals surface area contributed by atoms with Crippen LogP contribution < -0.4 is 4.90 Å². The molecule has 0 unspecified atom stereocenters. The number of anilines is 1. The molecule has 0 radical (unpaired) electrons. The van der Waals surface area contributed by atoms with Crippen molar-refractivity contribution >= 4 is 5.95 Å². The molecule has 0 N–H and O–H groups in total. The van der Waals surface area contributed by atoms with Gasteiger partial charge in [0.25, 0.3) is 0 Å². The molecule has 6 nitrogen and oxygen atoms in total. The second kappa shape index (κ2) is 5.05. The Morgan fingerprint density at radius 3 is 2.10 bits per heavy atom. The Bertz CT molecular complexity index is 617. The highest BCUT2D eigenvalue weighted by Gasteiger charge is 2.32. The van der Waals surface area contributed by atoms with E-state index in [1.807, 2.05) is 0 Å². The van der Waals surface area contributed by atoms with Gasteiger partial charge in [0.1, 0.15) is 0 Å². The fraction of sp³-hybridized carbons (Fsp3) is 0.571. The van der Waals surface area contributed by atoms with Crippen LogP contribution in [0.1, 0.15) is 49.3 Å². The Labute approximate surface area is 121 Å². The van der Waals surface area contributed by atoms with E-state index < -0.39 is 5.82 Å². The number of nitrogens with zero attached hydrogens (tertiary/aromatic N) is 5. The molecule has 0 bridgehead atoms. The molecule has 3 heterocycles. The minimum atomic E-state index is -0.410. The summed E-state index contributed by atoms with van der Waals surface area (Å²) in [5.74, 6) is 2.54. The third-order valence-electron chi connectivity index (χ3n) is 4.12. The van der Waals surface area contributed by atoms with Crippen LogP contribution in [-0.2, 0) is 0 Å². The molecule has 21 heavy (non-hydrogen) atoms. The lowest BCUT2D eigenvalue weighted by atomic mass is 9.97. The van der Waals surface area contributed by atoms with Crippen LogP contribution in [-0.4, -0.2) is 33.3 Å². The molecule has 2 aromatic rings. The lowest BCUT2D eigenvalue weighted by Gasteiger charge is -2.30. The predicted molar refractivity (Wildman–Crippen MR) is 72.5 cm³/mol. The Hall–Kier alpha value is -2.05. The van der Waals surface area contributed by atoms with Crippen molar-refractivity contribution in [2.24, 2.45) is 0 Å². The van der Waals surface area contributed by atoms with Gasteiger partial charge in [-0.15, -0.1) is 10.2 Å². The lowest BCUT2D eigenvalue weighted by Crippen LogP contribution is -2.34. The van der Waals surface area contributed by atoms with E-state index in [2.05, 4.69) is 25.1 Å². The average Bonchev–Trinajstić information content (AvgIpc) is 3.26. The van der Waals surface area contributed by atoms with E-state index >= 15 is 0 Å². The van der Waals surface area contributed by atoms with E-state index in [9.17, 15) is 4.39 Å². The third kappa shape index (κ3) is 2.59. The smallest absolute Gasteiger partial charge is 0.225 e. The number of aromatic nitrogens is 4. The number of rotatable bonds is 3. The van der Waals surface area contributed by atoms with E-state index in [0.717, 1.165) is 37.7 Å². The van der Waals surface area contributed by atoms with Gasteiger partial charge in [0.2, 0.25) is 17.7 Å². The van der Waals surface area contributed by atoms with Gasteiger partial charge in [-0.2, -0.15) is 0 Å². The van der Waals surface area contributed by atoms with Gasteiger partial charge in [0.15, 0.2) is 5.82 Å². The fourth-order valence-corrected chi connectivity index (χ4v) is 2.70. The van der Waals surface area contributed by atoms with Crippen molar-refractivity contribution in [2.75, 3.05) is 18.0 Å². The number of halogens is 1. The van der Waals surface area contributed by atoms with Crippen molar-refractivity contribution < 1.29 is 8.81 Å². The zero-order valence-electron chi connectivity index (χ0n) is 11.6. The first kappa shape index (κ1) is 12.7. The molecule has 110 valence electrons. The van der Waals surface area contributed by atoms with Gasteiger partial charge in [-0.25, -0.2) is 14.4 Å². The van der Waals surface area contributed by atoms with Crippen LogP contribution >= 0.6 is 0 Å². The topological polar surface area (TPSA) is 67.9 Å². The minimum absolute atomic E-state index is 0.307. The maximum absolute atomic E-state index is 12.8. The zero-order chi connectivity index (χ0) is 14.2. The molecule has 2 aromatic heterocycles. The summed E-state index contributed by atoms with van der Waals surface area (Å²) in [7, 11) is 0. The number of piperidine rings is 1. The molecule has 4 rings (SSSR count). The van der Waals surface area contributed by atoms with Gasteiger partial charge in [0, 0.05) is 24.9 Å². The van der Waals surface area contributed by atoms with Crippen LogP contribution in [0.3, 0.4) is 0 Å². The summed E-state index contributed by atoms with van der Waals surface area (Å²) in [5.41, 5.74) is 0. The second-order valence-corrected chi connectivity index (χ2v) is 5.72. The normalized spacial score (nSPS) is 20.0. The molecule has 0 spiro atoms. The highest BCUT2D eigenvalue weighted by molar-refractivity contribution is 5.29. The SMILES string of the molecule is Fc1cnc(N2CCC(c3nnc(C4CC4)o3)CC2)nc1. The first-order valence-corrected chi connectivity index (χ1v) is 7.35. The van der Waals surface area contributed by atoms with Crippen LogP contribution in [0.5, 0.6) is 0 Å². The molecule has 1 saturated heterocycles. The molecule has 0 atom stereocenters. The van der Waals surface area contributed by atoms with Crippen molar-refractivity contribution in [3.8, 4) is 0 Å². The summed E-state index contributed by atoms with van der Waals surface area (Å²) in [4.78, 5) is 10.1. The van der Waals surface area contributed by atoms with Crippen LogP contribution in [0, 0.1) is 5.82 Å². The van der Waals surface area contributed by atoms with Gasteiger partial charge in [-0.3, -0.25) is 0 Å². The molecular weight excluding hydrogens is 273 g/mol. The molecule has 0 amide bonds. The fourth-order valence-electron chi connectivity index (χ4n) is 2.70. The monoisotopic (exact) mass is 289 g/mol. The molecule has 7 heteroatoms. The maximum Gasteiger partial charge on any atom is 0.225 e. The van der Waals surface area contributed by atoms with Gasteiger partial charge in [-0.1, -0.05) is 0 Å². The molecule has 2 fully saturated rings. The molecule has 0 aromatic carbocycles. The highest BCUT2D eigenvalue weighted by atomic mass is 19.1. The van der Waals surface area contributed by atoms with Gasteiger partial charge in [-0.05, 0) is 25.7 Å². The molecular formula is C14H16FN5O. The van der Waals surface area contributed by atoms with E-state index in [4.69, 9.17) is 4.42 Å². The van der Waals surface area contributed by atoms with Crippen molar-refractivity contribution in [1.82, 2.24) is 20.2 Å². The Morgan fingerprint density at radius 2 is 1.52 bits per heavy atom. The molecule has 1 aliphatic carbocycles. The molecule has 1 saturated carbocycles. The number of hydrogen-bond acceptors (Lipinski definition) is 6. The van der Waals surface area contributed by atoms with Gasteiger partial charge >= 0.3 is 0 Å². The van der Waals surface area contributed by atoms with Crippen molar-refractivity contribution in [3.05, 3.63) is 30.0 Å². The van der Waals surface area contributed by atoms with Gasteiger partial charge in [0.05, 0.1) is 12.4 Å². The Balaban J connectivity index is 1.40. The van der Waals surface area contributed by atoms with E-state index in [1.54, 1.807) is 0 Å². The highest BCUT2D eigenvalue weighted by Crippen LogP contribution is 2.40. The van der Waals surface area contributed by atoms with E-state index in [0.29, 0.717) is 17.8 Å². The summed E-state index contributed by atoms with van der Waals surface area (Å²) in [6.07, 6.45) is 6.59. The quantitative estimate of drug-likeness (QED) is 0.863. The molecule has 2 aliphatic rings.